The van der Waals surface area contributed by atoms with Crippen molar-refractivity contribution in [1.29, 1.82) is 0 Å². The van der Waals surface area contributed by atoms with Gasteiger partial charge < -0.3 is 4.57 Å². The molecule has 1 aromatic heterocycles. The SMILES string of the molecule is O=S(=O)(F)c1cnc2n1CCCCC2. The summed E-state index contributed by atoms with van der Waals surface area (Å²) in [5.74, 6) is 0.679. The zero-order valence-electron chi connectivity index (χ0n) is 7.61. The van der Waals surface area contributed by atoms with Gasteiger partial charge in [0.05, 0.1) is 6.20 Å². The average Bonchev–Trinajstić information content (AvgIpc) is 2.36. The minimum Gasteiger partial charge on any atom is -0.317 e. The van der Waals surface area contributed by atoms with Gasteiger partial charge in [0.2, 0.25) is 0 Å². The van der Waals surface area contributed by atoms with Gasteiger partial charge in [-0.3, -0.25) is 0 Å². The third kappa shape index (κ3) is 1.66. The Bertz CT molecular complexity index is 438. The van der Waals surface area contributed by atoms with Crippen LogP contribution in [0.5, 0.6) is 0 Å². The van der Waals surface area contributed by atoms with E-state index in [4.69, 9.17) is 0 Å². The smallest absolute Gasteiger partial charge is 0.317 e. The Morgan fingerprint density at radius 3 is 2.86 bits per heavy atom. The Hall–Kier alpha value is -0.910. The van der Waals surface area contributed by atoms with Crippen LogP contribution in [0.4, 0.5) is 3.89 Å². The van der Waals surface area contributed by atoms with Gasteiger partial charge in [-0.2, -0.15) is 8.42 Å². The van der Waals surface area contributed by atoms with Crippen molar-refractivity contribution in [1.82, 2.24) is 9.55 Å². The molecule has 0 bridgehead atoms. The highest BCUT2D eigenvalue weighted by atomic mass is 32.3. The van der Waals surface area contributed by atoms with Gasteiger partial charge in [-0.25, -0.2) is 4.98 Å². The third-order valence-electron chi connectivity index (χ3n) is 2.43. The molecule has 1 aliphatic heterocycles. The van der Waals surface area contributed by atoms with Crippen LogP contribution < -0.4 is 0 Å². The van der Waals surface area contributed by atoms with Crippen molar-refractivity contribution < 1.29 is 12.3 Å². The molecule has 0 atom stereocenters. The molecule has 0 fully saturated rings. The first-order chi connectivity index (χ1) is 6.59. The summed E-state index contributed by atoms with van der Waals surface area (Å²) in [6.45, 7) is 0.549. The molecule has 78 valence electrons. The molecule has 0 spiro atoms. The monoisotopic (exact) mass is 218 g/mol. The second-order valence-electron chi connectivity index (χ2n) is 3.41. The van der Waals surface area contributed by atoms with E-state index in [1.54, 1.807) is 0 Å². The van der Waals surface area contributed by atoms with Gasteiger partial charge in [0.25, 0.3) is 0 Å². The van der Waals surface area contributed by atoms with E-state index in [-0.39, 0.29) is 5.03 Å². The Kier molecular flexibility index (Phi) is 2.30. The van der Waals surface area contributed by atoms with Crippen LogP contribution in [0.3, 0.4) is 0 Å². The summed E-state index contributed by atoms with van der Waals surface area (Å²) >= 11 is 0. The zero-order chi connectivity index (χ0) is 10.2. The predicted octanol–water partition coefficient (Wildman–Crippen LogP) is 1.27. The number of nitrogens with zero attached hydrogens (tertiary/aromatic N) is 2. The molecule has 2 heterocycles. The second kappa shape index (κ2) is 3.34. The molecular weight excluding hydrogens is 207 g/mol. The Labute approximate surface area is 82.0 Å². The fraction of sp³-hybridized carbons (Fsp3) is 0.625. The first-order valence-electron chi connectivity index (χ1n) is 4.58. The van der Waals surface area contributed by atoms with Crippen LogP contribution in [0.1, 0.15) is 25.1 Å². The number of fused-ring (bicyclic) bond motifs is 1. The number of halogens is 1. The molecule has 0 amide bonds. The lowest BCUT2D eigenvalue weighted by Gasteiger charge is -2.04. The summed E-state index contributed by atoms with van der Waals surface area (Å²) in [7, 11) is -4.62. The summed E-state index contributed by atoms with van der Waals surface area (Å²) in [5, 5.41) is -0.297. The molecule has 14 heavy (non-hydrogen) atoms. The Balaban J connectivity index is 2.50. The number of aryl methyl sites for hydroxylation is 1. The van der Waals surface area contributed by atoms with Crippen LogP contribution in [0.2, 0.25) is 0 Å². The largest absolute Gasteiger partial charge is 0.349 e. The van der Waals surface area contributed by atoms with E-state index in [1.165, 1.54) is 4.57 Å². The van der Waals surface area contributed by atoms with Crippen molar-refractivity contribution in [2.24, 2.45) is 0 Å². The number of hydrogen-bond donors (Lipinski definition) is 0. The Morgan fingerprint density at radius 1 is 1.36 bits per heavy atom. The highest BCUT2D eigenvalue weighted by Gasteiger charge is 2.22. The van der Waals surface area contributed by atoms with Crippen molar-refractivity contribution >= 4 is 10.2 Å². The van der Waals surface area contributed by atoms with Crippen molar-refractivity contribution in [3.05, 3.63) is 12.0 Å². The maximum absolute atomic E-state index is 12.8. The molecule has 0 saturated carbocycles. The van der Waals surface area contributed by atoms with Crippen molar-refractivity contribution in [2.75, 3.05) is 0 Å². The number of imidazole rings is 1. The summed E-state index contributed by atoms with van der Waals surface area (Å²) < 4.78 is 35.8. The summed E-state index contributed by atoms with van der Waals surface area (Å²) in [4.78, 5) is 3.93. The summed E-state index contributed by atoms with van der Waals surface area (Å²) in [5.41, 5.74) is 0. The molecule has 0 aromatic carbocycles. The molecule has 1 aliphatic rings. The van der Waals surface area contributed by atoms with Gasteiger partial charge in [0.1, 0.15) is 5.82 Å². The van der Waals surface area contributed by atoms with E-state index in [0.717, 1.165) is 31.9 Å². The highest BCUT2D eigenvalue weighted by Crippen LogP contribution is 2.20. The van der Waals surface area contributed by atoms with Crippen LogP contribution >= 0.6 is 0 Å². The van der Waals surface area contributed by atoms with Crippen LogP contribution in [-0.4, -0.2) is 18.0 Å². The predicted molar refractivity (Wildman–Crippen MR) is 48.1 cm³/mol. The van der Waals surface area contributed by atoms with Gasteiger partial charge >= 0.3 is 10.2 Å². The molecule has 0 N–H and O–H groups in total. The van der Waals surface area contributed by atoms with Crippen LogP contribution in [0.25, 0.3) is 0 Å². The van der Waals surface area contributed by atoms with Crippen molar-refractivity contribution in [3.8, 4) is 0 Å². The van der Waals surface area contributed by atoms with Gasteiger partial charge in [0, 0.05) is 13.0 Å². The first-order valence-corrected chi connectivity index (χ1v) is 5.96. The molecule has 2 rings (SSSR count). The van der Waals surface area contributed by atoms with E-state index < -0.39 is 10.2 Å². The third-order valence-corrected chi connectivity index (χ3v) is 3.26. The molecule has 4 nitrogen and oxygen atoms in total. The topological polar surface area (TPSA) is 52.0 Å². The normalized spacial score (nSPS) is 17.5. The number of rotatable bonds is 1. The molecule has 1 aromatic rings. The van der Waals surface area contributed by atoms with Gasteiger partial charge in [-0.05, 0) is 12.8 Å². The lowest BCUT2D eigenvalue weighted by Crippen LogP contribution is -2.07. The van der Waals surface area contributed by atoms with Crippen molar-refractivity contribution in [3.63, 3.8) is 0 Å². The molecule has 0 aliphatic carbocycles. The lowest BCUT2D eigenvalue weighted by atomic mass is 10.2. The second-order valence-corrected chi connectivity index (χ2v) is 4.71. The number of aromatic nitrogens is 2. The van der Waals surface area contributed by atoms with E-state index >= 15 is 0 Å². The molecule has 0 unspecified atom stereocenters. The fourth-order valence-corrected chi connectivity index (χ4v) is 2.40. The van der Waals surface area contributed by atoms with E-state index in [1.807, 2.05) is 0 Å². The molecule has 0 saturated heterocycles. The first kappa shape index (κ1) is 9.64. The van der Waals surface area contributed by atoms with Crippen LogP contribution in [0.15, 0.2) is 11.2 Å². The van der Waals surface area contributed by atoms with E-state index in [0.29, 0.717) is 12.4 Å². The quantitative estimate of drug-likeness (QED) is 0.667. The van der Waals surface area contributed by atoms with Crippen LogP contribution in [0, 0.1) is 0 Å². The standard InChI is InChI=1S/C8H11FN2O2S/c9-14(12,13)8-6-10-7-4-2-1-3-5-11(7)8/h6H,1-5H2. The fourth-order valence-electron chi connectivity index (χ4n) is 1.76. The lowest BCUT2D eigenvalue weighted by molar-refractivity contribution is 0.524. The van der Waals surface area contributed by atoms with E-state index in [9.17, 15) is 12.3 Å². The maximum Gasteiger partial charge on any atom is 0.349 e. The average molecular weight is 218 g/mol. The van der Waals surface area contributed by atoms with Crippen LogP contribution in [-0.2, 0) is 23.2 Å². The van der Waals surface area contributed by atoms with Gasteiger partial charge in [0.15, 0.2) is 5.03 Å². The van der Waals surface area contributed by atoms with Crippen molar-refractivity contribution in [2.45, 2.75) is 37.3 Å². The summed E-state index contributed by atoms with van der Waals surface area (Å²) in [6, 6.07) is 0. The molecule has 6 heteroatoms. The van der Waals surface area contributed by atoms with Gasteiger partial charge in [-0.15, -0.1) is 0 Å². The highest BCUT2D eigenvalue weighted by molar-refractivity contribution is 7.86. The minimum absolute atomic E-state index is 0.297. The maximum atomic E-state index is 12.8. The number of hydrogen-bond acceptors (Lipinski definition) is 3. The van der Waals surface area contributed by atoms with E-state index in [2.05, 4.69) is 4.98 Å². The molecule has 0 radical (unpaired) electrons. The Morgan fingerprint density at radius 2 is 2.14 bits per heavy atom. The van der Waals surface area contributed by atoms with Gasteiger partial charge in [-0.1, -0.05) is 10.3 Å². The summed E-state index contributed by atoms with van der Waals surface area (Å²) in [6.07, 6.45) is 4.75. The zero-order valence-corrected chi connectivity index (χ0v) is 8.43. The molecular formula is C8H11FN2O2S. The minimum atomic E-state index is -4.62.